The minimum atomic E-state index is -0.551. The van der Waals surface area contributed by atoms with E-state index < -0.39 is 4.92 Å². The van der Waals surface area contributed by atoms with Crippen LogP contribution in [-0.2, 0) is 20.1 Å². The van der Waals surface area contributed by atoms with Gasteiger partial charge in [0.2, 0.25) is 0 Å². The lowest BCUT2D eigenvalue weighted by atomic mass is 10.1. The maximum atomic E-state index is 13.0. The third kappa shape index (κ3) is 3.78. The van der Waals surface area contributed by atoms with Gasteiger partial charge in [-0.1, -0.05) is 11.6 Å². The Morgan fingerprint density at radius 2 is 2.08 bits per heavy atom. The normalized spacial score (nSPS) is 10.7. The van der Waals surface area contributed by atoms with Gasteiger partial charge >= 0.3 is 0 Å². The third-order valence-electron chi connectivity index (χ3n) is 4.01. The molecule has 0 aliphatic carbocycles. The molecule has 7 nitrogen and oxygen atoms in total. The highest BCUT2D eigenvalue weighted by atomic mass is 35.5. The Morgan fingerprint density at radius 3 is 2.65 bits per heavy atom. The molecule has 0 unspecified atom stereocenters. The van der Waals surface area contributed by atoms with E-state index in [0.29, 0.717) is 12.3 Å². The maximum Gasteiger partial charge on any atom is 0.270 e. The number of hydrogen-bond donors (Lipinski definition) is 0. The quantitative estimate of drug-likeness (QED) is 0.482. The minimum Gasteiger partial charge on any atom is -0.467 e. The largest absolute Gasteiger partial charge is 0.467 e. The zero-order chi connectivity index (χ0) is 18.7. The second kappa shape index (κ2) is 7.45. The highest BCUT2D eigenvalue weighted by Gasteiger charge is 2.22. The zero-order valence-electron chi connectivity index (χ0n) is 14.0. The number of non-ortho nitro benzene ring substituents is 1. The van der Waals surface area contributed by atoms with Crippen molar-refractivity contribution in [2.24, 2.45) is 7.05 Å². The van der Waals surface area contributed by atoms with Crippen LogP contribution >= 0.6 is 11.6 Å². The van der Waals surface area contributed by atoms with E-state index in [4.69, 9.17) is 16.0 Å². The van der Waals surface area contributed by atoms with Crippen LogP contribution in [0.25, 0.3) is 0 Å². The molecule has 1 aromatic carbocycles. The van der Waals surface area contributed by atoms with E-state index >= 15 is 0 Å². The number of carbonyl (C=O) groups is 1. The van der Waals surface area contributed by atoms with Crippen molar-refractivity contribution in [3.63, 3.8) is 0 Å². The lowest BCUT2D eigenvalue weighted by Crippen LogP contribution is -2.31. The van der Waals surface area contributed by atoms with Gasteiger partial charge in [0.1, 0.15) is 5.76 Å². The number of nitro benzene ring substituents is 1. The van der Waals surface area contributed by atoms with Crippen molar-refractivity contribution in [1.29, 1.82) is 0 Å². The van der Waals surface area contributed by atoms with Crippen LogP contribution in [-0.4, -0.2) is 20.3 Å². The molecule has 0 aliphatic heterocycles. The molecule has 0 aliphatic rings. The number of nitro groups is 1. The number of aryl methyl sites for hydroxylation is 1. The number of nitrogens with zero attached hydrogens (tertiary/aromatic N) is 3. The first-order valence-electron chi connectivity index (χ1n) is 7.81. The summed E-state index contributed by atoms with van der Waals surface area (Å²) in [6.45, 7) is 0.598. The van der Waals surface area contributed by atoms with Crippen LogP contribution in [0.1, 0.15) is 21.8 Å². The number of hydrogen-bond acceptors (Lipinski definition) is 4. The van der Waals surface area contributed by atoms with E-state index in [-0.39, 0.29) is 28.7 Å². The van der Waals surface area contributed by atoms with Gasteiger partial charge in [0.25, 0.3) is 11.6 Å². The van der Waals surface area contributed by atoms with Crippen molar-refractivity contribution >= 4 is 23.2 Å². The number of carbonyl (C=O) groups excluding carboxylic acids is 1. The summed E-state index contributed by atoms with van der Waals surface area (Å²) in [5, 5.41) is 10.9. The fraction of sp³-hybridized carbons (Fsp3) is 0.167. The van der Waals surface area contributed by atoms with Crippen molar-refractivity contribution in [2.45, 2.75) is 13.1 Å². The molecule has 0 N–H and O–H groups in total. The molecule has 0 spiro atoms. The van der Waals surface area contributed by atoms with E-state index in [1.807, 2.05) is 29.9 Å². The summed E-state index contributed by atoms with van der Waals surface area (Å²) in [5.74, 6) is 0.299. The van der Waals surface area contributed by atoms with Crippen LogP contribution in [0.5, 0.6) is 0 Å². The molecule has 134 valence electrons. The molecule has 0 radical (unpaired) electrons. The molecule has 2 heterocycles. The molecular formula is C18H16ClN3O4. The number of rotatable bonds is 6. The van der Waals surface area contributed by atoms with Crippen LogP contribution in [0.2, 0.25) is 5.02 Å². The summed E-state index contributed by atoms with van der Waals surface area (Å²) in [7, 11) is 1.89. The predicted molar refractivity (Wildman–Crippen MR) is 95.8 cm³/mol. The molecule has 0 fully saturated rings. The van der Waals surface area contributed by atoms with E-state index in [0.717, 1.165) is 5.69 Å². The van der Waals surface area contributed by atoms with E-state index in [9.17, 15) is 14.9 Å². The van der Waals surface area contributed by atoms with E-state index in [1.165, 1.54) is 18.2 Å². The highest BCUT2D eigenvalue weighted by molar-refractivity contribution is 6.34. The number of benzene rings is 1. The van der Waals surface area contributed by atoms with Gasteiger partial charge in [-0.25, -0.2) is 0 Å². The van der Waals surface area contributed by atoms with Crippen molar-refractivity contribution in [2.75, 3.05) is 0 Å². The SMILES string of the molecule is Cn1cccc1CN(Cc1ccco1)C(=O)c1ccc([N+](=O)[O-])cc1Cl. The minimum absolute atomic E-state index is 0.0422. The van der Waals surface area contributed by atoms with Crippen molar-refractivity contribution < 1.29 is 14.1 Å². The van der Waals surface area contributed by atoms with Crippen molar-refractivity contribution in [3.8, 4) is 0 Å². The molecule has 0 saturated heterocycles. The number of aromatic nitrogens is 1. The van der Waals surface area contributed by atoms with Crippen molar-refractivity contribution in [3.05, 3.63) is 87.1 Å². The average Bonchev–Trinajstić information content (AvgIpc) is 3.26. The molecule has 0 atom stereocenters. The summed E-state index contributed by atoms with van der Waals surface area (Å²) in [6.07, 6.45) is 3.43. The van der Waals surface area contributed by atoms with Gasteiger partial charge in [-0.05, 0) is 30.3 Å². The molecule has 3 aromatic rings. The Morgan fingerprint density at radius 1 is 1.27 bits per heavy atom. The summed E-state index contributed by atoms with van der Waals surface area (Å²) < 4.78 is 7.27. The van der Waals surface area contributed by atoms with E-state index in [2.05, 4.69) is 0 Å². The molecule has 1 amide bonds. The van der Waals surface area contributed by atoms with Gasteiger partial charge in [0.15, 0.2) is 0 Å². The van der Waals surface area contributed by atoms with Crippen LogP contribution in [0.4, 0.5) is 5.69 Å². The first kappa shape index (κ1) is 17.8. The van der Waals surface area contributed by atoms with Gasteiger partial charge in [0, 0.05) is 31.1 Å². The Balaban J connectivity index is 1.91. The predicted octanol–water partition coefficient (Wildman–Crippen LogP) is 4.02. The zero-order valence-corrected chi connectivity index (χ0v) is 14.7. The number of furan rings is 1. The van der Waals surface area contributed by atoms with Gasteiger partial charge in [0.05, 0.1) is 34.9 Å². The number of amides is 1. The van der Waals surface area contributed by atoms with Gasteiger partial charge in [-0.15, -0.1) is 0 Å². The summed E-state index contributed by atoms with van der Waals surface area (Å²) >= 11 is 6.13. The first-order valence-corrected chi connectivity index (χ1v) is 8.19. The van der Waals surface area contributed by atoms with Crippen LogP contribution in [0.15, 0.2) is 59.3 Å². The number of halogens is 1. The van der Waals surface area contributed by atoms with Crippen LogP contribution in [0.3, 0.4) is 0 Å². The molecule has 0 saturated carbocycles. The van der Waals surface area contributed by atoms with Gasteiger partial charge < -0.3 is 13.9 Å². The molecule has 8 heteroatoms. The topological polar surface area (TPSA) is 81.5 Å². The second-order valence-electron chi connectivity index (χ2n) is 5.77. The lowest BCUT2D eigenvalue weighted by Gasteiger charge is -2.22. The Kier molecular flexibility index (Phi) is 5.09. The molecule has 3 rings (SSSR count). The van der Waals surface area contributed by atoms with Crippen LogP contribution in [0, 0.1) is 10.1 Å². The standard InChI is InChI=1S/C18H16ClN3O4/c1-20-8-2-4-14(20)11-21(12-15-5-3-9-26-15)18(23)16-7-6-13(22(24)25)10-17(16)19/h2-10H,11-12H2,1H3. The lowest BCUT2D eigenvalue weighted by molar-refractivity contribution is -0.384. The first-order chi connectivity index (χ1) is 12.5. The smallest absolute Gasteiger partial charge is 0.270 e. The summed E-state index contributed by atoms with van der Waals surface area (Å²) in [5.41, 5.74) is 0.979. The summed E-state index contributed by atoms with van der Waals surface area (Å²) in [6, 6.07) is 11.2. The molecule has 2 aromatic heterocycles. The molecular weight excluding hydrogens is 358 g/mol. The van der Waals surface area contributed by atoms with Gasteiger partial charge in [-0.2, -0.15) is 0 Å². The fourth-order valence-electron chi connectivity index (χ4n) is 2.61. The monoisotopic (exact) mass is 373 g/mol. The van der Waals surface area contributed by atoms with Crippen LogP contribution < -0.4 is 0 Å². The van der Waals surface area contributed by atoms with E-state index in [1.54, 1.807) is 23.3 Å². The van der Waals surface area contributed by atoms with Crippen molar-refractivity contribution in [1.82, 2.24) is 9.47 Å². The average molecular weight is 374 g/mol. The summed E-state index contributed by atoms with van der Waals surface area (Å²) in [4.78, 5) is 24.9. The second-order valence-corrected chi connectivity index (χ2v) is 6.18. The maximum absolute atomic E-state index is 13.0. The Bertz CT molecular complexity index is 934. The Labute approximate surface area is 154 Å². The third-order valence-corrected chi connectivity index (χ3v) is 4.32. The molecule has 0 bridgehead atoms. The molecule has 26 heavy (non-hydrogen) atoms. The highest BCUT2D eigenvalue weighted by Crippen LogP contribution is 2.25. The Hall–Kier alpha value is -3.06. The van der Waals surface area contributed by atoms with Gasteiger partial charge in [-0.3, -0.25) is 14.9 Å². The fourth-order valence-corrected chi connectivity index (χ4v) is 2.86.